The molecule has 6 nitrogen and oxygen atoms in total. The zero-order valence-electron chi connectivity index (χ0n) is 17.5. The number of aromatic hydroxyl groups is 1. The van der Waals surface area contributed by atoms with Gasteiger partial charge in [-0.25, -0.2) is 4.79 Å². The van der Waals surface area contributed by atoms with Crippen molar-refractivity contribution >= 4 is 32.7 Å². The molecular weight excluding hydrogens is 464 g/mol. The zero-order chi connectivity index (χ0) is 22.4. The largest absolute Gasteiger partial charge is 0.506 e. The molecule has 31 heavy (non-hydrogen) atoms. The molecule has 0 unspecified atom stereocenters. The SMILES string of the molecule is CC(C)CC(=O)c1ccc(OCCCCOc2ccc3ccc(=O)oc3c2)c(Br)c1O. The van der Waals surface area contributed by atoms with Gasteiger partial charge in [0.05, 0.1) is 18.8 Å². The highest BCUT2D eigenvalue weighted by Crippen LogP contribution is 2.37. The molecule has 0 atom stereocenters. The van der Waals surface area contributed by atoms with Crippen molar-refractivity contribution in [3.63, 3.8) is 0 Å². The fraction of sp³-hybridized carbons (Fsp3) is 0.333. The third kappa shape index (κ3) is 6.10. The van der Waals surface area contributed by atoms with Crippen LogP contribution in [0.3, 0.4) is 0 Å². The maximum atomic E-state index is 12.2. The van der Waals surface area contributed by atoms with Gasteiger partial charge in [-0.15, -0.1) is 0 Å². The molecular formula is C24H25BrO6. The van der Waals surface area contributed by atoms with Gasteiger partial charge >= 0.3 is 5.63 Å². The molecule has 3 rings (SSSR count). The van der Waals surface area contributed by atoms with Gasteiger partial charge in [-0.3, -0.25) is 4.79 Å². The Labute approximate surface area is 188 Å². The Morgan fingerprint density at radius 3 is 2.52 bits per heavy atom. The Balaban J connectivity index is 1.46. The van der Waals surface area contributed by atoms with E-state index in [1.165, 1.54) is 6.07 Å². The number of fused-ring (bicyclic) bond motifs is 1. The summed E-state index contributed by atoms with van der Waals surface area (Å²) in [6.07, 6.45) is 1.87. The highest BCUT2D eigenvalue weighted by atomic mass is 79.9. The fourth-order valence-corrected chi connectivity index (χ4v) is 3.53. The van der Waals surface area contributed by atoms with Crippen molar-refractivity contribution in [2.24, 2.45) is 5.92 Å². The quantitative estimate of drug-likeness (QED) is 0.223. The highest BCUT2D eigenvalue weighted by Gasteiger charge is 2.17. The molecule has 0 spiro atoms. The molecule has 0 aliphatic rings. The number of carbonyl (C=O) groups is 1. The van der Waals surface area contributed by atoms with Crippen LogP contribution in [0.15, 0.2) is 56.1 Å². The van der Waals surface area contributed by atoms with E-state index in [2.05, 4.69) is 15.9 Å². The van der Waals surface area contributed by atoms with E-state index in [0.717, 1.165) is 18.2 Å². The van der Waals surface area contributed by atoms with Crippen molar-refractivity contribution in [3.05, 3.63) is 62.9 Å². The summed E-state index contributed by atoms with van der Waals surface area (Å²) in [4.78, 5) is 23.5. The lowest BCUT2D eigenvalue weighted by Crippen LogP contribution is -2.06. The Bertz CT molecular complexity index is 1120. The summed E-state index contributed by atoms with van der Waals surface area (Å²) >= 11 is 3.32. The smallest absolute Gasteiger partial charge is 0.336 e. The predicted molar refractivity (Wildman–Crippen MR) is 122 cm³/mol. The third-order valence-electron chi connectivity index (χ3n) is 4.63. The fourth-order valence-electron chi connectivity index (χ4n) is 3.07. The van der Waals surface area contributed by atoms with Crippen molar-refractivity contribution in [1.82, 2.24) is 0 Å². The number of rotatable bonds is 10. The summed E-state index contributed by atoms with van der Waals surface area (Å²) in [5, 5.41) is 11.2. The Hall–Kier alpha value is -2.80. The van der Waals surface area contributed by atoms with Crippen LogP contribution in [-0.2, 0) is 0 Å². The standard InChI is InChI=1S/C24H25BrO6/c1-15(2)13-19(26)18-8-9-20(23(25)24(18)28)30-12-4-3-11-29-17-7-5-16-6-10-22(27)31-21(16)14-17/h5-10,14-15,28H,3-4,11-13H2,1-2H3. The van der Waals surface area contributed by atoms with E-state index >= 15 is 0 Å². The van der Waals surface area contributed by atoms with E-state index in [4.69, 9.17) is 13.9 Å². The molecule has 0 aliphatic carbocycles. The molecule has 0 saturated heterocycles. The second-order valence-electron chi connectivity index (χ2n) is 7.65. The first-order valence-electron chi connectivity index (χ1n) is 10.2. The number of halogens is 1. The maximum Gasteiger partial charge on any atom is 0.336 e. The number of hydrogen-bond acceptors (Lipinski definition) is 6. The Morgan fingerprint density at radius 2 is 1.77 bits per heavy atom. The molecule has 0 aliphatic heterocycles. The van der Waals surface area contributed by atoms with Crippen molar-refractivity contribution in [2.75, 3.05) is 13.2 Å². The van der Waals surface area contributed by atoms with Gasteiger partial charge in [0.25, 0.3) is 0 Å². The molecule has 1 N–H and O–H groups in total. The number of hydrogen-bond donors (Lipinski definition) is 1. The molecule has 7 heteroatoms. The number of unbranched alkanes of at least 4 members (excludes halogenated alkanes) is 1. The van der Waals surface area contributed by atoms with E-state index in [0.29, 0.717) is 46.8 Å². The number of ketones is 1. The van der Waals surface area contributed by atoms with Gasteiger partial charge in [-0.05, 0) is 65.0 Å². The van der Waals surface area contributed by atoms with Crippen molar-refractivity contribution in [2.45, 2.75) is 33.1 Å². The molecule has 1 heterocycles. The summed E-state index contributed by atoms with van der Waals surface area (Å²) in [6, 6.07) is 11.8. The molecule has 164 valence electrons. The molecule has 1 aromatic heterocycles. The summed E-state index contributed by atoms with van der Waals surface area (Å²) < 4.78 is 17.0. The monoisotopic (exact) mass is 488 g/mol. The highest BCUT2D eigenvalue weighted by molar-refractivity contribution is 9.10. The first kappa shape index (κ1) is 22.9. The third-order valence-corrected chi connectivity index (χ3v) is 5.40. The first-order valence-corrected chi connectivity index (χ1v) is 11.0. The minimum atomic E-state index is -0.392. The number of benzene rings is 2. The van der Waals surface area contributed by atoms with Crippen LogP contribution < -0.4 is 15.1 Å². The van der Waals surface area contributed by atoms with Crippen LogP contribution >= 0.6 is 15.9 Å². The van der Waals surface area contributed by atoms with Gasteiger partial charge in [0.15, 0.2) is 5.78 Å². The molecule has 0 bridgehead atoms. The molecule has 0 radical (unpaired) electrons. The number of ether oxygens (including phenoxy) is 2. The number of carbonyl (C=O) groups excluding carboxylic acids is 1. The summed E-state index contributed by atoms with van der Waals surface area (Å²) in [6.45, 7) is 4.85. The number of phenolic OH excluding ortho intramolecular Hbond substituents is 1. The van der Waals surface area contributed by atoms with Crippen molar-refractivity contribution in [1.29, 1.82) is 0 Å². The topological polar surface area (TPSA) is 86.0 Å². The van der Waals surface area contributed by atoms with E-state index in [-0.39, 0.29) is 17.5 Å². The average Bonchev–Trinajstić information content (AvgIpc) is 2.72. The second-order valence-corrected chi connectivity index (χ2v) is 8.45. The lowest BCUT2D eigenvalue weighted by molar-refractivity contribution is 0.0965. The second kappa shape index (κ2) is 10.5. The summed E-state index contributed by atoms with van der Waals surface area (Å²) in [7, 11) is 0. The van der Waals surface area contributed by atoms with Gasteiger partial charge in [0.1, 0.15) is 27.3 Å². The Kier molecular flexibility index (Phi) is 7.74. The normalized spacial score (nSPS) is 11.1. The molecule has 3 aromatic rings. The van der Waals surface area contributed by atoms with Crippen LogP contribution in [0.1, 0.15) is 43.5 Å². The maximum absolute atomic E-state index is 12.2. The molecule has 0 fully saturated rings. The van der Waals surface area contributed by atoms with Gasteiger partial charge in [0, 0.05) is 23.9 Å². The summed E-state index contributed by atoms with van der Waals surface area (Å²) in [5.41, 5.74) is 0.400. The predicted octanol–water partition coefficient (Wildman–Crippen LogP) is 5.73. The molecule has 2 aromatic carbocycles. The minimum Gasteiger partial charge on any atom is -0.506 e. The number of phenols is 1. The van der Waals surface area contributed by atoms with Crippen molar-refractivity contribution in [3.8, 4) is 17.2 Å². The number of Topliss-reactive ketones (excluding diaryl/α,β-unsaturated/α-hetero) is 1. The lowest BCUT2D eigenvalue weighted by Gasteiger charge is -2.13. The van der Waals surface area contributed by atoms with Crippen LogP contribution in [0.25, 0.3) is 11.0 Å². The average molecular weight is 489 g/mol. The summed E-state index contributed by atoms with van der Waals surface area (Å²) in [5.74, 6) is 1.16. The van der Waals surface area contributed by atoms with Gasteiger partial charge in [-0.2, -0.15) is 0 Å². The van der Waals surface area contributed by atoms with E-state index in [1.807, 2.05) is 26.0 Å². The van der Waals surface area contributed by atoms with Gasteiger partial charge in [0.2, 0.25) is 0 Å². The van der Waals surface area contributed by atoms with Gasteiger partial charge < -0.3 is 19.0 Å². The van der Waals surface area contributed by atoms with Gasteiger partial charge in [-0.1, -0.05) is 13.8 Å². The van der Waals surface area contributed by atoms with E-state index in [1.54, 1.807) is 24.3 Å². The minimum absolute atomic E-state index is 0.0885. The molecule has 0 amide bonds. The van der Waals surface area contributed by atoms with Crippen LogP contribution in [-0.4, -0.2) is 24.1 Å². The van der Waals surface area contributed by atoms with Crippen LogP contribution in [0, 0.1) is 5.92 Å². The Morgan fingerprint density at radius 1 is 1.06 bits per heavy atom. The van der Waals surface area contributed by atoms with Crippen LogP contribution in [0.2, 0.25) is 0 Å². The first-order chi connectivity index (χ1) is 14.8. The van der Waals surface area contributed by atoms with E-state index in [9.17, 15) is 14.7 Å². The van der Waals surface area contributed by atoms with Crippen LogP contribution in [0.4, 0.5) is 0 Å². The molecule has 0 saturated carbocycles. The van der Waals surface area contributed by atoms with Crippen molar-refractivity contribution < 1.29 is 23.8 Å². The zero-order valence-corrected chi connectivity index (χ0v) is 19.1. The van der Waals surface area contributed by atoms with E-state index < -0.39 is 5.63 Å². The lowest BCUT2D eigenvalue weighted by atomic mass is 10.0. The van der Waals surface area contributed by atoms with Crippen LogP contribution in [0.5, 0.6) is 17.2 Å².